The highest BCUT2D eigenvalue weighted by Crippen LogP contribution is 2.48. The van der Waals surface area contributed by atoms with Crippen LogP contribution in [0.3, 0.4) is 0 Å². The molecule has 0 radical (unpaired) electrons. The van der Waals surface area contributed by atoms with E-state index in [9.17, 15) is 0 Å². The molecule has 5 heterocycles. The van der Waals surface area contributed by atoms with E-state index < -0.39 is 0 Å². The SMILES string of the molecule is CC[C@H]1C(c2ccc3sc4ccccc4c3c2)=NC(c2ccc3sc4ccccc4c3c2)=NC1c1c(-n2c3cc4ccccc4cc3c3c4ccccc4ccc32)ccc2oc3ccccc3c12. The molecular formula is C62H39N3OS2. The molecule has 68 heavy (non-hydrogen) atoms. The molecule has 1 aliphatic heterocycles. The van der Waals surface area contributed by atoms with Crippen LogP contribution in [0, 0.1) is 5.92 Å². The average Bonchev–Trinajstić information content (AvgIpc) is 4.16. The number of aliphatic imine (C=N–C) groups is 2. The standard InChI is InChI=1S/C62H39N3OS2/c1-2-40-60(38-24-29-55-45(32-38)42-17-8-11-21-53(42)67-55)63-62(39-25-30-56-46(33-39)43-18-9-12-22-54(43)68-56)64-61(40)59-49(27-28-52-58(59)44-19-7-10-20-51(44)66-52)65-48-26-23-35-13-5-6-16-41(35)57(48)47-31-36-14-3-4-15-37(36)34-50(47)65/h3-34,40,61H,2H2,1H3/t40-,61?/m0/s1. The molecule has 10 aromatic carbocycles. The van der Waals surface area contributed by atoms with Crippen molar-refractivity contribution in [2.24, 2.45) is 15.9 Å². The van der Waals surface area contributed by atoms with Crippen LogP contribution >= 0.6 is 22.7 Å². The van der Waals surface area contributed by atoms with Crippen molar-refractivity contribution in [3.8, 4) is 5.69 Å². The first-order valence-corrected chi connectivity index (χ1v) is 25.1. The first-order valence-electron chi connectivity index (χ1n) is 23.4. The van der Waals surface area contributed by atoms with Gasteiger partial charge in [-0.05, 0) is 112 Å². The molecule has 0 N–H and O–H groups in total. The maximum Gasteiger partial charge on any atom is 0.155 e. The van der Waals surface area contributed by atoms with E-state index in [1.54, 1.807) is 0 Å². The molecule has 0 amide bonds. The fourth-order valence-corrected chi connectivity index (χ4v) is 13.7. The van der Waals surface area contributed by atoms with E-state index in [0.29, 0.717) is 0 Å². The van der Waals surface area contributed by atoms with Crippen molar-refractivity contribution in [2.45, 2.75) is 19.4 Å². The lowest BCUT2D eigenvalue weighted by Gasteiger charge is -2.32. The van der Waals surface area contributed by atoms with Gasteiger partial charge in [-0.15, -0.1) is 22.7 Å². The number of amidine groups is 1. The molecule has 4 nitrogen and oxygen atoms in total. The lowest BCUT2D eigenvalue weighted by Crippen LogP contribution is -2.29. The molecule has 0 bridgehead atoms. The van der Waals surface area contributed by atoms with Crippen molar-refractivity contribution in [3.63, 3.8) is 0 Å². The van der Waals surface area contributed by atoms with Gasteiger partial charge in [-0.2, -0.15) is 0 Å². The largest absolute Gasteiger partial charge is 0.456 e. The minimum atomic E-state index is -0.333. The molecule has 2 atom stereocenters. The number of hydrogen-bond acceptors (Lipinski definition) is 5. The molecule has 0 saturated carbocycles. The highest BCUT2D eigenvalue weighted by Gasteiger charge is 2.36. The maximum atomic E-state index is 6.81. The zero-order valence-corrected chi connectivity index (χ0v) is 38.5. The molecule has 0 spiro atoms. The minimum Gasteiger partial charge on any atom is -0.456 e. The number of benzene rings is 10. The third-order valence-electron chi connectivity index (χ3n) is 14.6. The normalized spacial score (nSPS) is 15.7. The summed E-state index contributed by atoms with van der Waals surface area (Å²) in [6.45, 7) is 2.31. The monoisotopic (exact) mass is 905 g/mol. The number of fused-ring (bicyclic) bond motifs is 15. The van der Waals surface area contributed by atoms with Gasteiger partial charge in [-0.3, -0.25) is 4.99 Å². The molecule has 320 valence electrons. The van der Waals surface area contributed by atoms with Crippen LogP contribution in [-0.2, 0) is 0 Å². The molecule has 0 aliphatic carbocycles. The summed E-state index contributed by atoms with van der Waals surface area (Å²) >= 11 is 3.69. The van der Waals surface area contributed by atoms with Crippen molar-refractivity contribution in [1.29, 1.82) is 0 Å². The lowest BCUT2D eigenvalue weighted by atomic mass is 9.81. The fourth-order valence-electron chi connectivity index (χ4n) is 11.5. The molecule has 15 rings (SSSR count). The predicted molar refractivity (Wildman–Crippen MR) is 291 cm³/mol. The lowest BCUT2D eigenvalue weighted by molar-refractivity contribution is 0.534. The van der Waals surface area contributed by atoms with Crippen LogP contribution in [0.2, 0.25) is 0 Å². The van der Waals surface area contributed by atoms with Crippen LogP contribution in [0.1, 0.15) is 36.1 Å². The number of nitrogens with zero attached hydrogens (tertiary/aromatic N) is 3. The molecule has 14 aromatic rings. The van der Waals surface area contributed by atoms with Gasteiger partial charge in [0.15, 0.2) is 5.84 Å². The number of aromatic nitrogens is 1. The summed E-state index contributed by atoms with van der Waals surface area (Å²) in [5.41, 5.74) is 9.50. The molecule has 1 aliphatic rings. The van der Waals surface area contributed by atoms with E-state index in [1.165, 1.54) is 72.7 Å². The molecule has 4 aromatic heterocycles. The van der Waals surface area contributed by atoms with Crippen molar-refractivity contribution in [1.82, 2.24) is 4.57 Å². The van der Waals surface area contributed by atoms with Crippen molar-refractivity contribution < 1.29 is 4.42 Å². The van der Waals surface area contributed by atoms with E-state index in [0.717, 1.165) is 73.3 Å². The van der Waals surface area contributed by atoms with E-state index in [2.05, 4.69) is 206 Å². The van der Waals surface area contributed by atoms with Gasteiger partial charge in [0.2, 0.25) is 0 Å². The van der Waals surface area contributed by atoms with Crippen LogP contribution in [0.5, 0.6) is 0 Å². The maximum absolute atomic E-state index is 6.81. The topological polar surface area (TPSA) is 42.8 Å². The zero-order chi connectivity index (χ0) is 44.6. The summed E-state index contributed by atoms with van der Waals surface area (Å²) < 4.78 is 14.5. The number of hydrogen-bond donors (Lipinski definition) is 0. The summed E-state index contributed by atoms with van der Waals surface area (Å²) in [7, 11) is 0. The fraction of sp³-hybridized carbons (Fsp3) is 0.0645. The van der Waals surface area contributed by atoms with Gasteiger partial charge in [0.05, 0.1) is 28.5 Å². The quantitative estimate of drug-likeness (QED) is 0.170. The second kappa shape index (κ2) is 14.5. The third-order valence-corrected chi connectivity index (χ3v) is 16.9. The molecule has 0 saturated heterocycles. The molecule has 0 fully saturated rings. The minimum absolute atomic E-state index is 0.0698. The summed E-state index contributed by atoms with van der Waals surface area (Å²) in [4.78, 5) is 11.7. The van der Waals surface area contributed by atoms with Crippen LogP contribution in [0.25, 0.3) is 111 Å². The molecule has 6 heteroatoms. The third kappa shape index (κ3) is 5.53. The van der Waals surface area contributed by atoms with Crippen LogP contribution in [-0.4, -0.2) is 16.1 Å². The number of thiophene rings is 2. The second-order valence-corrected chi connectivity index (χ2v) is 20.4. The van der Waals surface area contributed by atoms with Gasteiger partial charge in [0.1, 0.15) is 11.2 Å². The van der Waals surface area contributed by atoms with Crippen LogP contribution < -0.4 is 0 Å². The summed E-state index contributed by atoms with van der Waals surface area (Å²) in [6, 6.07) is 70.9. The smallest absolute Gasteiger partial charge is 0.155 e. The van der Waals surface area contributed by atoms with Gasteiger partial charge in [0, 0.05) is 78.9 Å². The number of rotatable bonds is 5. The molecular weight excluding hydrogens is 867 g/mol. The summed E-state index contributed by atoms with van der Waals surface area (Å²) in [5, 5.41) is 14.6. The summed E-state index contributed by atoms with van der Waals surface area (Å²) in [6.07, 6.45) is 0.824. The number of para-hydroxylation sites is 1. The van der Waals surface area contributed by atoms with Crippen molar-refractivity contribution in [3.05, 3.63) is 211 Å². The Hall–Kier alpha value is -7.90. The average molecular weight is 906 g/mol. The zero-order valence-electron chi connectivity index (χ0n) is 36.9. The van der Waals surface area contributed by atoms with E-state index >= 15 is 0 Å². The highest BCUT2D eigenvalue weighted by molar-refractivity contribution is 7.26. The first-order chi connectivity index (χ1) is 33.6. The Balaban J connectivity index is 1.06. The van der Waals surface area contributed by atoms with Crippen molar-refractivity contribution >= 4 is 140 Å². The molecule has 1 unspecified atom stereocenters. The Kier molecular flexibility index (Phi) is 8.18. The Bertz CT molecular complexity index is 4520. The van der Waals surface area contributed by atoms with Gasteiger partial charge >= 0.3 is 0 Å². The van der Waals surface area contributed by atoms with Crippen LogP contribution in [0.15, 0.2) is 209 Å². The first kappa shape index (κ1) is 38.2. The van der Waals surface area contributed by atoms with E-state index in [4.69, 9.17) is 14.4 Å². The summed E-state index contributed by atoms with van der Waals surface area (Å²) in [5.74, 6) is 0.677. The van der Waals surface area contributed by atoms with Gasteiger partial charge < -0.3 is 8.98 Å². The Morgan fingerprint density at radius 1 is 0.471 bits per heavy atom. The Morgan fingerprint density at radius 3 is 1.84 bits per heavy atom. The highest BCUT2D eigenvalue weighted by atomic mass is 32.1. The van der Waals surface area contributed by atoms with Gasteiger partial charge in [-0.1, -0.05) is 122 Å². The number of furan rings is 1. The van der Waals surface area contributed by atoms with Gasteiger partial charge in [0.25, 0.3) is 0 Å². The Morgan fingerprint density at radius 2 is 1.09 bits per heavy atom. The van der Waals surface area contributed by atoms with E-state index in [1.807, 2.05) is 22.7 Å². The Labute approximate surface area is 398 Å². The van der Waals surface area contributed by atoms with Crippen molar-refractivity contribution in [2.75, 3.05) is 0 Å². The predicted octanol–water partition coefficient (Wildman–Crippen LogP) is 17.7. The second-order valence-electron chi connectivity index (χ2n) is 18.2. The van der Waals surface area contributed by atoms with E-state index in [-0.39, 0.29) is 12.0 Å². The van der Waals surface area contributed by atoms with Gasteiger partial charge in [-0.25, -0.2) is 4.99 Å². The van der Waals surface area contributed by atoms with Crippen LogP contribution in [0.4, 0.5) is 0 Å².